The highest BCUT2D eigenvalue weighted by Gasteiger charge is 2.25. The highest BCUT2D eigenvalue weighted by molar-refractivity contribution is 5.94. The molecule has 5 nitrogen and oxygen atoms in total. The minimum absolute atomic E-state index is 0.158. The van der Waals surface area contributed by atoms with Crippen molar-refractivity contribution in [2.45, 2.75) is 46.6 Å². The van der Waals surface area contributed by atoms with Crippen LogP contribution in [-0.2, 0) is 6.54 Å². The van der Waals surface area contributed by atoms with E-state index >= 15 is 0 Å². The fraction of sp³-hybridized carbons (Fsp3) is 0.348. The Hall–Kier alpha value is -2.95. The molecule has 1 N–H and O–H groups in total. The van der Waals surface area contributed by atoms with Crippen LogP contribution in [-0.4, -0.2) is 16.0 Å². The molecule has 0 atom stereocenters. The molecular weight excluding hydrogens is 350 g/mol. The highest BCUT2D eigenvalue weighted by Crippen LogP contribution is 2.38. The number of aromatic nitrogens is 2. The van der Waals surface area contributed by atoms with Gasteiger partial charge in [0.1, 0.15) is 0 Å². The van der Waals surface area contributed by atoms with Crippen LogP contribution in [0.5, 0.6) is 0 Å². The van der Waals surface area contributed by atoms with Gasteiger partial charge in [0.05, 0.1) is 6.54 Å². The van der Waals surface area contributed by atoms with Crippen molar-refractivity contribution in [3.8, 4) is 0 Å². The van der Waals surface area contributed by atoms with Gasteiger partial charge in [0, 0.05) is 11.1 Å². The standard InChI is InChI=1S/C23H27N3O2/c1-4-7-18(17-11-12-17)14-19(8-5-2)22-25-21(28-26-22)15-24-23(27)20-10-6-9-16(3)13-20/h5-10,13-14,17H,4,11-12,15H2,1-3H3,(H,24,27)/b8-5-,18-7-,19-14+. The lowest BCUT2D eigenvalue weighted by molar-refractivity contribution is 0.0946. The van der Waals surface area contributed by atoms with Crippen LogP contribution in [0.2, 0.25) is 0 Å². The van der Waals surface area contributed by atoms with Crippen LogP contribution in [0.25, 0.3) is 5.57 Å². The van der Waals surface area contributed by atoms with E-state index in [4.69, 9.17) is 4.52 Å². The average molecular weight is 377 g/mol. The molecule has 1 heterocycles. The fourth-order valence-corrected chi connectivity index (χ4v) is 3.03. The second kappa shape index (κ2) is 9.31. The molecule has 0 aliphatic heterocycles. The van der Waals surface area contributed by atoms with Crippen LogP contribution in [0.3, 0.4) is 0 Å². The number of hydrogen-bond acceptors (Lipinski definition) is 4. The molecule has 2 aromatic rings. The van der Waals surface area contributed by atoms with Crippen molar-refractivity contribution in [3.05, 3.63) is 77.0 Å². The number of nitrogens with zero attached hydrogens (tertiary/aromatic N) is 2. The molecule has 28 heavy (non-hydrogen) atoms. The molecule has 0 unspecified atom stereocenters. The maximum atomic E-state index is 12.3. The lowest BCUT2D eigenvalue weighted by Crippen LogP contribution is -2.23. The summed E-state index contributed by atoms with van der Waals surface area (Å²) in [4.78, 5) is 16.7. The molecule has 1 aromatic carbocycles. The van der Waals surface area contributed by atoms with Gasteiger partial charge in [-0.05, 0) is 62.8 Å². The van der Waals surface area contributed by atoms with E-state index in [0.717, 1.165) is 17.6 Å². The topological polar surface area (TPSA) is 68.0 Å². The third-order valence-corrected chi connectivity index (χ3v) is 4.56. The van der Waals surface area contributed by atoms with Crippen molar-refractivity contribution in [1.82, 2.24) is 15.5 Å². The van der Waals surface area contributed by atoms with E-state index in [1.807, 2.05) is 44.2 Å². The van der Waals surface area contributed by atoms with Gasteiger partial charge in [-0.25, -0.2) is 0 Å². The number of allylic oxidation sites excluding steroid dienone is 6. The Balaban J connectivity index is 1.70. The van der Waals surface area contributed by atoms with Crippen LogP contribution in [0.15, 0.2) is 58.7 Å². The SMILES string of the molecule is C\C=C/C(=C\C(=C\CC)C1CC1)c1noc(CNC(=O)c2cccc(C)c2)n1. The molecule has 146 valence electrons. The summed E-state index contributed by atoms with van der Waals surface area (Å²) in [6.45, 7) is 6.27. The summed E-state index contributed by atoms with van der Waals surface area (Å²) < 4.78 is 5.35. The van der Waals surface area contributed by atoms with Crippen molar-refractivity contribution in [3.63, 3.8) is 0 Å². The van der Waals surface area contributed by atoms with E-state index in [1.54, 1.807) is 6.07 Å². The van der Waals surface area contributed by atoms with E-state index in [1.165, 1.54) is 18.4 Å². The van der Waals surface area contributed by atoms with Gasteiger partial charge in [0.25, 0.3) is 5.91 Å². The summed E-state index contributed by atoms with van der Waals surface area (Å²) in [5.41, 5.74) is 3.93. The average Bonchev–Trinajstić information content (AvgIpc) is 3.43. The zero-order valence-corrected chi connectivity index (χ0v) is 16.7. The van der Waals surface area contributed by atoms with Gasteiger partial charge in [-0.2, -0.15) is 4.98 Å². The van der Waals surface area contributed by atoms with E-state index in [2.05, 4.69) is 34.5 Å². The molecule has 5 heteroatoms. The van der Waals surface area contributed by atoms with Crippen LogP contribution in [0.1, 0.15) is 60.7 Å². The summed E-state index contributed by atoms with van der Waals surface area (Å²) >= 11 is 0. The molecule has 1 amide bonds. The molecule has 0 spiro atoms. The number of benzene rings is 1. The molecular formula is C23H27N3O2. The lowest BCUT2D eigenvalue weighted by atomic mass is 10.1. The van der Waals surface area contributed by atoms with Gasteiger partial charge in [0.2, 0.25) is 11.7 Å². The Morgan fingerprint density at radius 3 is 2.86 bits per heavy atom. The first-order valence-electron chi connectivity index (χ1n) is 9.83. The van der Waals surface area contributed by atoms with E-state index in [9.17, 15) is 4.79 Å². The summed E-state index contributed by atoms with van der Waals surface area (Å²) in [5, 5.41) is 6.94. The van der Waals surface area contributed by atoms with Crippen molar-refractivity contribution in [2.75, 3.05) is 0 Å². The fourth-order valence-electron chi connectivity index (χ4n) is 3.03. The third-order valence-electron chi connectivity index (χ3n) is 4.56. The number of carbonyl (C=O) groups excluding carboxylic acids is 1. The Morgan fingerprint density at radius 1 is 1.36 bits per heavy atom. The number of hydrogen-bond donors (Lipinski definition) is 1. The summed E-state index contributed by atoms with van der Waals surface area (Å²) in [6, 6.07) is 7.46. The number of aryl methyl sites for hydroxylation is 1. The number of rotatable bonds is 8. The number of amides is 1. The van der Waals surface area contributed by atoms with E-state index < -0.39 is 0 Å². The number of carbonyl (C=O) groups is 1. The van der Waals surface area contributed by atoms with Gasteiger partial charge in [-0.3, -0.25) is 4.79 Å². The van der Waals surface area contributed by atoms with Crippen molar-refractivity contribution >= 4 is 11.5 Å². The normalized spacial score (nSPS) is 15.2. The van der Waals surface area contributed by atoms with Crippen molar-refractivity contribution < 1.29 is 9.32 Å². The minimum atomic E-state index is -0.158. The molecule has 1 fully saturated rings. The molecule has 0 saturated heterocycles. The Bertz CT molecular complexity index is 917. The van der Waals surface area contributed by atoms with Crippen LogP contribution < -0.4 is 5.32 Å². The van der Waals surface area contributed by atoms with Crippen LogP contribution >= 0.6 is 0 Å². The quantitative estimate of drug-likeness (QED) is 0.656. The summed E-state index contributed by atoms with van der Waals surface area (Å²) in [6.07, 6.45) is 11.9. The summed E-state index contributed by atoms with van der Waals surface area (Å²) in [7, 11) is 0. The van der Waals surface area contributed by atoms with Crippen LogP contribution in [0, 0.1) is 12.8 Å². The molecule has 1 aliphatic carbocycles. The van der Waals surface area contributed by atoms with Gasteiger partial charge in [-0.1, -0.05) is 48.0 Å². The zero-order valence-electron chi connectivity index (χ0n) is 16.7. The monoisotopic (exact) mass is 377 g/mol. The Morgan fingerprint density at radius 2 is 2.18 bits per heavy atom. The molecule has 1 saturated carbocycles. The molecule has 3 rings (SSSR count). The minimum Gasteiger partial charge on any atom is -0.343 e. The van der Waals surface area contributed by atoms with Crippen molar-refractivity contribution in [1.29, 1.82) is 0 Å². The van der Waals surface area contributed by atoms with Crippen molar-refractivity contribution in [2.24, 2.45) is 5.92 Å². The van der Waals surface area contributed by atoms with Gasteiger partial charge < -0.3 is 9.84 Å². The Labute approximate surface area is 166 Å². The first-order valence-corrected chi connectivity index (χ1v) is 9.83. The van der Waals surface area contributed by atoms with Gasteiger partial charge in [-0.15, -0.1) is 0 Å². The lowest BCUT2D eigenvalue weighted by Gasteiger charge is -2.03. The van der Waals surface area contributed by atoms with Crippen LogP contribution in [0.4, 0.5) is 0 Å². The second-order valence-corrected chi connectivity index (χ2v) is 7.05. The second-order valence-electron chi connectivity index (χ2n) is 7.05. The maximum absolute atomic E-state index is 12.3. The summed E-state index contributed by atoms with van der Waals surface area (Å²) in [5.74, 6) is 1.43. The highest BCUT2D eigenvalue weighted by atomic mass is 16.5. The first-order chi connectivity index (χ1) is 13.6. The molecule has 1 aromatic heterocycles. The Kier molecular flexibility index (Phi) is 6.58. The largest absolute Gasteiger partial charge is 0.343 e. The number of nitrogens with one attached hydrogen (secondary N) is 1. The predicted octanol–water partition coefficient (Wildman–Crippen LogP) is 5.01. The van der Waals surface area contributed by atoms with E-state index in [0.29, 0.717) is 23.2 Å². The maximum Gasteiger partial charge on any atom is 0.251 e. The predicted molar refractivity (Wildman–Crippen MR) is 111 cm³/mol. The third kappa shape index (κ3) is 5.28. The molecule has 0 bridgehead atoms. The van der Waals surface area contributed by atoms with Gasteiger partial charge in [0.15, 0.2) is 0 Å². The van der Waals surface area contributed by atoms with Gasteiger partial charge >= 0.3 is 0 Å². The molecule has 0 radical (unpaired) electrons. The molecule has 1 aliphatic rings. The van der Waals surface area contributed by atoms with E-state index in [-0.39, 0.29) is 12.5 Å². The first kappa shape index (κ1) is 19.8. The smallest absolute Gasteiger partial charge is 0.251 e. The zero-order chi connectivity index (χ0) is 19.9.